The van der Waals surface area contributed by atoms with E-state index < -0.39 is 0 Å². The van der Waals surface area contributed by atoms with Crippen molar-refractivity contribution in [2.24, 2.45) is 0 Å². The minimum Gasteiger partial charge on any atom is -0.355 e. The van der Waals surface area contributed by atoms with Gasteiger partial charge in [-0.25, -0.2) is 0 Å². The zero-order valence-corrected chi connectivity index (χ0v) is 13.5. The van der Waals surface area contributed by atoms with Gasteiger partial charge in [-0.05, 0) is 57.0 Å². The molecule has 0 aliphatic carbocycles. The van der Waals surface area contributed by atoms with Crippen LogP contribution in [-0.2, 0) is 0 Å². The second kappa shape index (κ2) is 6.40. The van der Waals surface area contributed by atoms with E-state index in [1.165, 1.54) is 11.1 Å². The largest absolute Gasteiger partial charge is 0.355 e. The maximum absolute atomic E-state index is 4.53. The lowest BCUT2D eigenvalue weighted by Gasteiger charge is -2.33. The molecule has 0 bridgehead atoms. The highest BCUT2D eigenvalue weighted by atomic mass is 15.3. The van der Waals surface area contributed by atoms with Crippen LogP contribution >= 0.6 is 0 Å². The van der Waals surface area contributed by atoms with Crippen molar-refractivity contribution < 1.29 is 0 Å². The standard InChI is InChI=1S/C17H23N5/c1-12-13(2)17(22-10-6-15(18-3)7-11-22)21-20-16(12)14-4-8-19-9-5-14/h4-5,8-9,15,18H,6-7,10-11H2,1-3H3. The lowest BCUT2D eigenvalue weighted by molar-refractivity contribution is 0.439. The average molecular weight is 297 g/mol. The van der Waals surface area contributed by atoms with Gasteiger partial charge >= 0.3 is 0 Å². The molecule has 5 heteroatoms. The zero-order chi connectivity index (χ0) is 15.5. The smallest absolute Gasteiger partial charge is 0.154 e. The number of pyridine rings is 1. The Balaban J connectivity index is 1.88. The minimum absolute atomic E-state index is 0.627. The molecule has 22 heavy (non-hydrogen) atoms. The van der Waals surface area contributed by atoms with Crippen LogP contribution in [0.25, 0.3) is 11.3 Å². The summed E-state index contributed by atoms with van der Waals surface area (Å²) in [7, 11) is 2.04. The van der Waals surface area contributed by atoms with Crippen molar-refractivity contribution in [1.82, 2.24) is 20.5 Å². The maximum Gasteiger partial charge on any atom is 0.154 e. The normalized spacial score (nSPS) is 16.0. The third-order valence-electron chi connectivity index (χ3n) is 4.65. The summed E-state index contributed by atoms with van der Waals surface area (Å²) in [6.07, 6.45) is 5.90. The van der Waals surface area contributed by atoms with E-state index in [1.54, 1.807) is 12.4 Å². The second-order valence-corrected chi connectivity index (χ2v) is 5.91. The molecule has 0 aromatic carbocycles. The van der Waals surface area contributed by atoms with Gasteiger partial charge in [-0.3, -0.25) is 4.98 Å². The number of aromatic nitrogens is 3. The van der Waals surface area contributed by atoms with E-state index in [2.05, 4.69) is 39.2 Å². The highest BCUT2D eigenvalue weighted by Gasteiger charge is 2.22. The number of piperidine rings is 1. The molecule has 116 valence electrons. The molecule has 0 amide bonds. The predicted molar refractivity (Wildman–Crippen MR) is 89.0 cm³/mol. The summed E-state index contributed by atoms with van der Waals surface area (Å²) < 4.78 is 0. The van der Waals surface area contributed by atoms with Crippen molar-refractivity contribution in [2.75, 3.05) is 25.0 Å². The lowest BCUT2D eigenvalue weighted by Crippen LogP contribution is -2.42. The van der Waals surface area contributed by atoms with Crippen molar-refractivity contribution in [3.8, 4) is 11.3 Å². The fourth-order valence-electron chi connectivity index (χ4n) is 3.06. The summed E-state index contributed by atoms with van der Waals surface area (Å²) >= 11 is 0. The Labute approximate surface area is 131 Å². The van der Waals surface area contributed by atoms with Crippen molar-refractivity contribution in [1.29, 1.82) is 0 Å². The van der Waals surface area contributed by atoms with E-state index in [9.17, 15) is 0 Å². The highest BCUT2D eigenvalue weighted by Crippen LogP contribution is 2.28. The number of rotatable bonds is 3. The van der Waals surface area contributed by atoms with Gasteiger partial charge in [0.1, 0.15) is 0 Å². The highest BCUT2D eigenvalue weighted by molar-refractivity contribution is 5.66. The molecule has 1 N–H and O–H groups in total. The lowest BCUT2D eigenvalue weighted by atomic mass is 10.0. The van der Waals surface area contributed by atoms with E-state index in [4.69, 9.17) is 0 Å². The summed E-state index contributed by atoms with van der Waals surface area (Å²) in [5.74, 6) is 1.03. The quantitative estimate of drug-likeness (QED) is 0.942. The number of anilines is 1. The number of hydrogen-bond donors (Lipinski definition) is 1. The van der Waals surface area contributed by atoms with Gasteiger partial charge in [0.05, 0.1) is 5.69 Å². The van der Waals surface area contributed by atoms with Crippen LogP contribution < -0.4 is 10.2 Å². The number of nitrogens with one attached hydrogen (secondary N) is 1. The van der Waals surface area contributed by atoms with Crippen LogP contribution in [0.15, 0.2) is 24.5 Å². The third-order valence-corrected chi connectivity index (χ3v) is 4.65. The van der Waals surface area contributed by atoms with Crippen LogP contribution in [0, 0.1) is 13.8 Å². The molecule has 3 heterocycles. The van der Waals surface area contributed by atoms with E-state index in [0.717, 1.165) is 43.0 Å². The summed E-state index contributed by atoms with van der Waals surface area (Å²) in [6.45, 7) is 6.35. The summed E-state index contributed by atoms with van der Waals surface area (Å²) in [5, 5.41) is 12.4. The van der Waals surface area contributed by atoms with E-state index >= 15 is 0 Å². The Morgan fingerprint density at radius 1 is 1.05 bits per heavy atom. The molecule has 2 aromatic heterocycles. The molecule has 5 nitrogen and oxygen atoms in total. The monoisotopic (exact) mass is 297 g/mol. The van der Waals surface area contributed by atoms with Gasteiger partial charge in [0.25, 0.3) is 0 Å². The van der Waals surface area contributed by atoms with Crippen LogP contribution in [0.2, 0.25) is 0 Å². The number of hydrogen-bond acceptors (Lipinski definition) is 5. The van der Waals surface area contributed by atoms with Gasteiger partial charge in [-0.2, -0.15) is 0 Å². The molecule has 3 rings (SSSR count). The molecule has 2 aromatic rings. The Kier molecular flexibility index (Phi) is 4.34. The predicted octanol–water partition coefficient (Wildman–Crippen LogP) is 2.34. The molecule has 0 atom stereocenters. The zero-order valence-electron chi connectivity index (χ0n) is 13.5. The molecule has 0 saturated carbocycles. The van der Waals surface area contributed by atoms with E-state index in [0.29, 0.717) is 6.04 Å². The maximum atomic E-state index is 4.53. The Hall–Kier alpha value is -2.01. The van der Waals surface area contributed by atoms with Gasteiger partial charge < -0.3 is 10.2 Å². The van der Waals surface area contributed by atoms with Gasteiger partial charge in [0.15, 0.2) is 5.82 Å². The van der Waals surface area contributed by atoms with Crippen molar-refractivity contribution in [2.45, 2.75) is 32.7 Å². The molecule has 0 spiro atoms. The Morgan fingerprint density at radius 3 is 2.36 bits per heavy atom. The first-order valence-electron chi connectivity index (χ1n) is 7.87. The van der Waals surface area contributed by atoms with Crippen molar-refractivity contribution in [3.05, 3.63) is 35.7 Å². The van der Waals surface area contributed by atoms with E-state index in [-0.39, 0.29) is 0 Å². The first-order valence-corrected chi connectivity index (χ1v) is 7.87. The van der Waals surface area contributed by atoms with Gasteiger partial charge in [0, 0.05) is 37.1 Å². The molecular formula is C17H23N5. The first kappa shape index (κ1) is 14.9. The summed E-state index contributed by atoms with van der Waals surface area (Å²) in [6, 6.07) is 4.59. The van der Waals surface area contributed by atoms with Crippen LogP contribution in [0.5, 0.6) is 0 Å². The summed E-state index contributed by atoms with van der Waals surface area (Å²) in [5.41, 5.74) is 4.45. The van der Waals surface area contributed by atoms with Gasteiger partial charge in [-0.1, -0.05) is 0 Å². The third kappa shape index (κ3) is 2.81. The molecule has 1 aliphatic heterocycles. The van der Waals surface area contributed by atoms with Crippen molar-refractivity contribution in [3.63, 3.8) is 0 Å². The fraction of sp³-hybridized carbons (Fsp3) is 0.471. The average Bonchev–Trinajstić information content (AvgIpc) is 2.58. The van der Waals surface area contributed by atoms with Crippen LogP contribution in [0.1, 0.15) is 24.0 Å². The molecule has 0 radical (unpaired) electrons. The van der Waals surface area contributed by atoms with Gasteiger partial charge in [-0.15, -0.1) is 10.2 Å². The molecular weight excluding hydrogens is 274 g/mol. The molecule has 1 fully saturated rings. The second-order valence-electron chi connectivity index (χ2n) is 5.91. The molecule has 0 unspecified atom stereocenters. The SMILES string of the molecule is CNC1CCN(c2nnc(-c3ccncc3)c(C)c2C)CC1. The van der Waals surface area contributed by atoms with Gasteiger partial charge in [0.2, 0.25) is 0 Å². The Bertz CT molecular complexity index is 633. The van der Waals surface area contributed by atoms with Crippen LogP contribution in [-0.4, -0.2) is 41.4 Å². The molecule has 1 aliphatic rings. The first-order chi connectivity index (χ1) is 10.7. The topological polar surface area (TPSA) is 53.9 Å². The summed E-state index contributed by atoms with van der Waals surface area (Å²) in [4.78, 5) is 6.43. The molecule has 1 saturated heterocycles. The Morgan fingerprint density at radius 2 is 1.73 bits per heavy atom. The fourth-order valence-corrected chi connectivity index (χ4v) is 3.06. The minimum atomic E-state index is 0.627. The van der Waals surface area contributed by atoms with Crippen LogP contribution in [0.4, 0.5) is 5.82 Å². The van der Waals surface area contributed by atoms with Crippen molar-refractivity contribution >= 4 is 5.82 Å². The number of nitrogens with zero attached hydrogens (tertiary/aromatic N) is 4. The van der Waals surface area contributed by atoms with Crippen LogP contribution in [0.3, 0.4) is 0 Å². The van der Waals surface area contributed by atoms with E-state index in [1.807, 2.05) is 19.2 Å².